The van der Waals surface area contributed by atoms with Crippen LogP contribution in [0.25, 0.3) is 0 Å². The highest BCUT2D eigenvalue weighted by Gasteiger charge is 2.48. The maximum Gasteiger partial charge on any atom is 0.320 e. The van der Waals surface area contributed by atoms with Crippen LogP contribution in [0.3, 0.4) is 0 Å². The first-order valence-corrected chi connectivity index (χ1v) is 7.14. The van der Waals surface area contributed by atoms with Crippen molar-refractivity contribution in [3.8, 4) is 0 Å². The van der Waals surface area contributed by atoms with Crippen LogP contribution in [0, 0.1) is 5.41 Å². The number of allylic oxidation sites excluding steroid dienone is 2. The fourth-order valence-corrected chi connectivity index (χ4v) is 2.44. The van der Waals surface area contributed by atoms with E-state index in [1.807, 2.05) is 6.08 Å². The zero-order chi connectivity index (χ0) is 14.1. The van der Waals surface area contributed by atoms with Gasteiger partial charge in [0.05, 0.1) is 0 Å². The molecule has 1 fully saturated rings. The van der Waals surface area contributed by atoms with Crippen LogP contribution in [0.4, 0.5) is 0 Å². The van der Waals surface area contributed by atoms with Crippen molar-refractivity contribution in [1.82, 2.24) is 0 Å². The molecule has 106 valence electrons. The first kappa shape index (κ1) is 15.7. The quantitative estimate of drug-likeness (QED) is 0.291. The first-order valence-electron chi connectivity index (χ1n) is 7.14. The number of carbonyl (C=O) groups is 2. The number of hydrogen-bond acceptors (Lipinski definition) is 3. The molecule has 19 heavy (non-hydrogen) atoms. The van der Waals surface area contributed by atoms with Gasteiger partial charge in [0.1, 0.15) is 12.0 Å². The SMILES string of the molecule is C=CCOC(=O)C1(CC=CCCCC)CCCC1=O. The molecular weight excluding hydrogens is 240 g/mol. The molecule has 0 aromatic heterocycles. The summed E-state index contributed by atoms with van der Waals surface area (Å²) >= 11 is 0. The fraction of sp³-hybridized carbons (Fsp3) is 0.625. The first-order chi connectivity index (χ1) is 9.17. The molecule has 3 nitrogen and oxygen atoms in total. The highest BCUT2D eigenvalue weighted by atomic mass is 16.5. The molecule has 0 saturated heterocycles. The largest absolute Gasteiger partial charge is 0.461 e. The molecule has 1 atom stereocenters. The number of esters is 1. The Labute approximate surface area is 115 Å². The van der Waals surface area contributed by atoms with Gasteiger partial charge in [0.25, 0.3) is 0 Å². The van der Waals surface area contributed by atoms with Crippen LogP contribution in [0.2, 0.25) is 0 Å². The summed E-state index contributed by atoms with van der Waals surface area (Å²) in [5.41, 5.74) is -0.925. The predicted octanol–water partition coefficient (Wildman–Crippen LogP) is 3.59. The summed E-state index contributed by atoms with van der Waals surface area (Å²) < 4.78 is 5.12. The third kappa shape index (κ3) is 4.05. The monoisotopic (exact) mass is 264 g/mol. The van der Waals surface area contributed by atoms with Gasteiger partial charge in [0.2, 0.25) is 0 Å². The summed E-state index contributed by atoms with van der Waals surface area (Å²) in [5, 5.41) is 0. The van der Waals surface area contributed by atoms with Crippen molar-refractivity contribution >= 4 is 11.8 Å². The summed E-state index contributed by atoms with van der Waals surface area (Å²) in [5.74, 6) is -0.350. The van der Waals surface area contributed by atoms with Crippen LogP contribution >= 0.6 is 0 Å². The van der Waals surface area contributed by atoms with Gasteiger partial charge in [-0.3, -0.25) is 9.59 Å². The van der Waals surface area contributed by atoms with E-state index in [-0.39, 0.29) is 18.4 Å². The molecule has 3 heteroatoms. The molecule has 1 rings (SSSR count). The number of Topliss-reactive ketones (excluding diaryl/α,β-unsaturated/α-hetero) is 1. The Kier molecular flexibility index (Phi) is 6.54. The van der Waals surface area contributed by atoms with E-state index < -0.39 is 5.41 Å². The molecule has 0 aliphatic heterocycles. The third-order valence-corrected chi connectivity index (χ3v) is 3.62. The van der Waals surface area contributed by atoms with Gasteiger partial charge >= 0.3 is 5.97 Å². The van der Waals surface area contributed by atoms with Crippen LogP contribution in [-0.4, -0.2) is 18.4 Å². The smallest absolute Gasteiger partial charge is 0.320 e. The standard InChI is InChI=1S/C16H24O3/c1-3-5-6-7-8-11-16(12-9-10-14(16)17)15(18)19-13-4-2/h4,7-8H,2-3,5-6,9-13H2,1H3. The molecule has 0 aromatic carbocycles. The Morgan fingerprint density at radius 3 is 2.84 bits per heavy atom. The van der Waals surface area contributed by atoms with Gasteiger partial charge in [-0.25, -0.2) is 0 Å². The van der Waals surface area contributed by atoms with E-state index in [1.165, 1.54) is 6.08 Å². The molecule has 0 aromatic rings. The van der Waals surface area contributed by atoms with E-state index in [1.54, 1.807) is 0 Å². The van der Waals surface area contributed by atoms with Crippen LogP contribution in [0.15, 0.2) is 24.8 Å². The minimum absolute atomic E-state index is 0.0294. The molecule has 0 heterocycles. The molecule has 0 amide bonds. The Hall–Kier alpha value is -1.38. The summed E-state index contributed by atoms with van der Waals surface area (Å²) in [6, 6.07) is 0. The average Bonchev–Trinajstić information content (AvgIpc) is 2.78. The number of unbranched alkanes of at least 4 members (excludes halogenated alkanes) is 2. The molecule has 0 bridgehead atoms. The van der Waals surface area contributed by atoms with E-state index in [0.717, 1.165) is 25.7 Å². The summed E-state index contributed by atoms with van der Waals surface area (Å²) in [4.78, 5) is 24.2. The highest BCUT2D eigenvalue weighted by Crippen LogP contribution is 2.39. The van der Waals surface area contributed by atoms with Crippen molar-refractivity contribution in [1.29, 1.82) is 0 Å². The third-order valence-electron chi connectivity index (χ3n) is 3.62. The minimum atomic E-state index is -0.925. The normalized spacial score (nSPS) is 22.9. The van der Waals surface area contributed by atoms with E-state index in [2.05, 4.69) is 19.6 Å². The minimum Gasteiger partial charge on any atom is -0.461 e. The second-order valence-electron chi connectivity index (χ2n) is 5.06. The van der Waals surface area contributed by atoms with Crippen molar-refractivity contribution in [3.05, 3.63) is 24.8 Å². The van der Waals surface area contributed by atoms with E-state index in [4.69, 9.17) is 4.74 Å². The highest BCUT2D eigenvalue weighted by molar-refractivity contribution is 6.05. The predicted molar refractivity (Wildman–Crippen MR) is 75.7 cm³/mol. The van der Waals surface area contributed by atoms with Crippen molar-refractivity contribution < 1.29 is 14.3 Å². The lowest BCUT2D eigenvalue weighted by atomic mass is 9.81. The zero-order valence-electron chi connectivity index (χ0n) is 11.8. The average molecular weight is 264 g/mol. The molecule has 1 aliphatic rings. The number of carbonyl (C=O) groups excluding carboxylic acids is 2. The number of ketones is 1. The summed E-state index contributed by atoms with van der Waals surface area (Å²) in [6.45, 7) is 5.84. The van der Waals surface area contributed by atoms with Crippen LogP contribution in [0.5, 0.6) is 0 Å². The van der Waals surface area contributed by atoms with Gasteiger partial charge in [0.15, 0.2) is 5.78 Å². The second kappa shape index (κ2) is 7.93. The lowest BCUT2D eigenvalue weighted by Gasteiger charge is -2.23. The van der Waals surface area contributed by atoms with Crippen LogP contribution in [-0.2, 0) is 14.3 Å². The molecule has 0 radical (unpaired) electrons. The summed E-state index contributed by atoms with van der Waals surface area (Å²) in [7, 11) is 0. The molecule has 1 unspecified atom stereocenters. The van der Waals surface area contributed by atoms with Crippen molar-refractivity contribution in [2.24, 2.45) is 5.41 Å². The van der Waals surface area contributed by atoms with Gasteiger partial charge in [-0.1, -0.05) is 44.6 Å². The van der Waals surface area contributed by atoms with E-state index >= 15 is 0 Å². The Morgan fingerprint density at radius 1 is 1.47 bits per heavy atom. The lowest BCUT2D eigenvalue weighted by Crippen LogP contribution is -2.36. The van der Waals surface area contributed by atoms with Gasteiger partial charge < -0.3 is 4.74 Å². The Morgan fingerprint density at radius 2 is 2.26 bits per heavy atom. The maximum absolute atomic E-state index is 12.1. The van der Waals surface area contributed by atoms with Crippen LogP contribution < -0.4 is 0 Å². The van der Waals surface area contributed by atoms with E-state index in [9.17, 15) is 9.59 Å². The zero-order valence-corrected chi connectivity index (χ0v) is 11.8. The molecule has 0 N–H and O–H groups in total. The van der Waals surface area contributed by atoms with Crippen molar-refractivity contribution in [3.63, 3.8) is 0 Å². The Bertz CT molecular complexity index is 357. The number of hydrogen-bond donors (Lipinski definition) is 0. The summed E-state index contributed by atoms with van der Waals surface area (Å²) in [6.07, 6.45) is 11.2. The van der Waals surface area contributed by atoms with Gasteiger partial charge in [-0.2, -0.15) is 0 Å². The van der Waals surface area contributed by atoms with Gasteiger partial charge in [-0.05, 0) is 25.7 Å². The second-order valence-corrected chi connectivity index (χ2v) is 5.06. The van der Waals surface area contributed by atoms with Gasteiger partial charge in [-0.15, -0.1) is 0 Å². The molecule has 1 aliphatic carbocycles. The maximum atomic E-state index is 12.1. The molecule has 1 saturated carbocycles. The number of ether oxygens (including phenoxy) is 1. The molecular formula is C16H24O3. The van der Waals surface area contributed by atoms with E-state index in [0.29, 0.717) is 19.3 Å². The fourth-order valence-electron chi connectivity index (χ4n) is 2.44. The molecule has 0 spiro atoms. The van der Waals surface area contributed by atoms with Crippen molar-refractivity contribution in [2.45, 2.75) is 51.9 Å². The van der Waals surface area contributed by atoms with Gasteiger partial charge in [0, 0.05) is 6.42 Å². The lowest BCUT2D eigenvalue weighted by molar-refractivity contribution is -0.157. The van der Waals surface area contributed by atoms with Crippen LogP contribution in [0.1, 0.15) is 51.9 Å². The topological polar surface area (TPSA) is 43.4 Å². The van der Waals surface area contributed by atoms with Crippen molar-refractivity contribution in [2.75, 3.05) is 6.61 Å². The number of rotatable bonds is 8. The Balaban J connectivity index is 2.66.